The Hall–Kier alpha value is -2.18. The van der Waals surface area contributed by atoms with Gasteiger partial charge in [0.25, 0.3) is 0 Å². The average molecular weight is 447 g/mol. The molecule has 2 aromatic carbocycles. The zero-order chi connectivity index (χ0) is 18.8. The summed E-state index contributed by atoms with van der Waals surface area (Å²) in [5.74, 6) is -3.15. The van der Waals surface area contributed by atoms with E-state index in [9.17, 15) is 19.0 Å². The molecule has 0 fully saturated rings. The monoisotopic (exact) mass is 446 g/mol. The first-order valence-electron chi connectivity index (χ1n) is 7.19. The molecule has 0 aliphatic rings. The minimum Gasteiger partial charge on any atom is -0.869 e. The van der Waals surface area contributed by atoms with Gasteiger partial charge >= 0.3 is 17.1 Å². The number of nitrogens with zero attached hydrogens (tertiary/aromatic N) is 2. The van der Waals surface area contributed by atoms with Crippen LogP contribution in [-0.2, 0) is 17.1 Å². The van der Waals surface area contributed by atoms with E-state index in [1.165, 1.54) is 12.4 Å². The zero-order valence-electron chi connectivity index (χ0n) is 13.2. The molecule has 0 radical (unpaired) electrons. The fraction of sp³-hybridized carbons (Fsp3) is 0. The molecule has 2 heterocycles. The first-order valence-corrected chi connectivity index (χ1v) is 7.95. The Bertz CT molecular complexity index is 1040. The largest absolute Gasteiger partial charge is 2.00 e. The second-order valence-corrected chi connectivity index (χ2v) is 5.95. The normalized spacial score (nSPS) is 10.2. The Labute approximate surface area is 172 Å². The number of hydrogen-bond acceptors (Lipinski definition) is 4. The summed E-state index contributed by atoms with van der Waals surface area (Å²) in [6.07, 6.45) is 2.86. The Kier molecular flexibility index (Phi) is 6.78. The standard InChI is InChI=1S/2C9H5ClFNO.Fe/c2*10-6-4-7(11)9(13)8-5(6)2-1-3-12-8;/h2*1-4,13H;/q;;+2/p-2/i2*11-1;. The van der Waals surface area contributed by atoms with Crippen LogP contribution in [0.1, 0.15) is 0 Å². The minimum atomic E-state index is -0.865. The van der Waals surface area contributed by atoms with Crippen molar-refractivity contribution in [3.8, 4) is 11.5 Å². The fourth-order valence-electron chi connectivity index (χ4n) is 2.29. The van der Waals surface area contributed by atoms with Crippen LogP contribution in [0, 0.1) is 11.6 Å². The molecule has 0 aliphatic heterocycles. The molecule has 0 N–H and O–H groups in total. The van der Waals surface area contributed by atoms with Crippen molar-refractivity contribution in [1.82, 2.24) is 9.97 Å². The predicted molar refractivity (Wildman–Crippen MR) is 92.3 cm³/mol. The SMILES string of the molecule is [Fe+2].[O-]c1c([18F])cc(Cl)c2cccnc12.[O-]c1c([18F])cc(Cl)c2cccnc12. The summed E-state index contributed by atoms with van der Waals surface area (Å²) >= 11 is 11.4. The molecule has 0 amide bonds. The molecule has 0 saturated heterocycles. The van der Waals surface area contributed by atoms with Crippen LogP contribution >= 0.6 is 23.2 Å². The van der Waals surface area contributed by atoms with E-state index in [0.717, 1.165) is 12.1 Å². The topological polar surface area (TPSA) is 71.9 Å². The van der Waals surface area contributed by atoms with Gasteiger partial charge in [0.05, 0.1) is 21.1 Å². The molecule has 0 aliphatic carbocycles. The predicted octanol–water partition coefficient (Wildman–Crippen LogP) is 4.20. The summed E-state index contributed by atoms with van der Waals surface area (Å²) in [5, 5.41) is 23.7. The molecule has 9 heteroatoms. The number of aromatic nitrogens is 2. The fourth-order valence-corrected chi connectivity index (χ4v) is 2.79. The van der Waals surface area contributed by atoms with Crippen molar-refractivity contribution in [2.45, 2.75) is 0 Å². The van der Waals surface area contributed by atoms with Gasteiger partial charge in [0.1, 0.15) is 11.6 Å². The first kappa shape index (κ1) is 21.1. The van der Waals surface area contributed by atoms with Crippen LogP contribution in [0.3, 0.4) is 0 Å². The van der Waals surface area contributed by atoms with Gasteiger partial charge < -0.3 is 10.2 Å². The average Bonchev–Trinajstić information content (AvgIpc) is 2.65. The summed E-state index contributed by atoms with van der Waals surface area (Å²) in [4.78, 5) is 7.53. The van der Waals surface area contributed by atoms with E-state index >= 15 is 0 Å². The maximum atomic E-state index is 12.9. The third-order valence-electron chi connectivity index (χ3n) is 3.50. The molecule has 27 heavy (non-hydrogen) atoms. The molecule has 4 nitrogen and oxygen atoms in total. The second kappa shape index (κ2) is 8.67. The van der Waals surface area contributed by atoms with Crippen molar-refractivity contribution in [3.05, 3.63) is 70.5 Å². The van der Waals surface area contributed by atoms with Crippen LogP contribution in [0.15, 0.2) is 48.8 Å². The smallest absolute Gasteiger partial charge is 0.869 e. The Balaban J connectivity index is 0.000000187. The number of hydrogen-bond donors (Lipinski definition) is 0. The summed E-state index contributed by atoms with van der Waals surface area (Å²) in [7, 11) is 0. The maximum absolute atomic E-state index is 12.9. The Morgan fingerprint density at radius 2 is 1.11 bits per heavy atom. The van der Waals surface area contributed by atoms with Gasteiger partial charge in [-0.05, 0) is 47.9 Å². The van der Waals surface area contributed by atoms with Crippen LogP contribution < -0.4 is 10.2 Å². The quantitative estimate of drug-likeness (QED) is 0.379. The van der Waals surface area contributed by atoms with Gasteiger partial charge in [-0.2, -0.15) is 0 Å². The van der Waals surface area contributed by atoms with Gasteiger partial charge in [-0.3, -0.25) is 9.97 Å². The van der Waals surface area contributed by atoms with Crippen LogP contribution in [0.2, 0.25) is 10.0 Å². The summed E-state index contributed by atoms with van der Waals surface area (Å²) in [6, 6.07) is 8.57. The number of fused-ring (bicyclic) bond motifs is 2. The molecule has 2 aromatic heterocycles. The van der Waals surface area contributed by atoms with Crippen LogP contribution in [0.5, 0.6) is 11.5 Å². The molecular formula is C18H8Cl2F2FeN2O2. The van der Waals surface area contributed by atoms with Gasteiger partial charge in [-0.15, -0.1) is 0 Å². The van der Waals surface area contributed by atoms with Crippen molar-refractivity contribution in [1.29, 1.82) is 0 Å². The molecule has 0 bridgehead atoms. The molecule has 0 spiro atoms. The van der Waals surface area contributed by atoms with Gasteiger partial charge in [0.15, 0.2) is 0 Å². The van der Waals surface area contributed by atoms with Crippen molar-refractivity contribution in [3.63, 3.8) is 0 Å². The summed E-state index contributed by atoms with van der Waals surface area (Å²) in [6.45, 7) is 0. The summed E-state index contributed by atoms with van der Waals surface area (Å²) < 4.78 is 25.7. The second-order valence-electron chi connectivity index (χ2n) is 5.14. The van der Waals surface area contributed by atoms with E-state index in [-0.39, 0.29) is 38.1 Å². The molecule has 0 saturated carbocycles. The van der Waals surface area contributed by atoms with Crippen LogP contribution in [0.4, 0.5) is 8.78 Å². The van der Waals surface area contributed by atoms with E-state index in [0.29, 0.717) is 10.8 Å². The maximum Gasteiger partial charge on any atom is 2.00 e. The number of rotatable bonds is 0. The van der Waals surface area contributed by atoms with Crippen molar-refractivity contribution in [2.75, 3.05) is 0 Å². The number of pyridine rings is 2. The molecule has 138 valence electrons. The molecule has 0 unspecified atom stereocenters. The van der Waals surface area contributed by atoms with Crippen molar-refractivity contribution < 1.29 is 36.1 Å². The van der Waals surface area contributed by atoms with E-state index in [2.05, 4.69) is 9.97 Å². The van der Waals surface area contributed by atoms with E-state index < -0.39 is 23.1 Å². The van der Waals surface area contributed by atoms with Crippen molar-refractivity contribution >= 4 is 45.0 Å². The molecule has 0 atom stereocenters. The van der Waals surface area contributed by atoms with E-state index in [1.807, 2.05) is 0 Å². The van der Waals surface area contributed by atoms with Gasteiger partial charge in [0, 0.05) is 23.2 Å². The number of halogens is 4. The van der Waals surface area contributed by atoms with Gasteiger partial charge in [-0.1, -0.05) is 23.2 Å². The van der Waals surface area contributed by atoms with Gasteiger partial charge in [-0.25, -0.2) is 8.78 Å². The Morgan fingerprint density at radius 1 is 0.741 bits per heavy atom. The minimum absolute atomic E-state index is 0. The zero-order valence-corrected chi connectivity index (χ0v) is 15.8. The van der Waals surface area contributed by atoms with E-state index in [4.69, 9.17) is 23.2 Å². The number of benzene rings is 2. The van der Waals surface area contributed by atoms with Crippen LogP contribution in [-0.4, -0.2) is 9.97 Å². The van der Waals surface area contributed by atoms with Crippen molar-refractivity contribution in [2.24, 2.45) is 0 Å². The molecule has 4 aromatic rings. The molecule has 4 rings (SSSR count). The Morgan fingerprint density at radius 3 is 1.48 bits per heavy atom. The first-order chi connectivity index (χ1) is 12.4. The third-order valence-corrected chi connectivity index (χ3v) is 4.13. The van der Waals surface area contributed by atoms with Crippen LogP contribution in [0.25, 0.3) is 21.8 Å². The third kappa shape index (κ3) is 4.22. The van der Waals surface area contributed by atoms with Gasteiger partial charge in [0.2, 0.25) is 0 Å². The van der Waals surface area contributed by atoms with E-state index in [1.54, 1.807) is 24.3 Å². The molecular weight excluding hydrogens is 439 g/mol. The summed E-state index contributed by atoms with van der Waals surface area (Å²) in [5.41, 5.74) is 0.153.